The summed E-state index contributed by atoms with van der Waals surface area (Å²) in [6.07, 6.45) is 1.70. The molecule has 3 heteroatoms. The van der Waals surface area contributed by atoms with Crippen LogP contribution < -0.4 is 5.73 Å². The number of rotatable bonds is 2. The molecule has 0 radical (unpaired) electrons. The quantitative estimate of drug-likeness (QED) is 0.766. The van der Waals surface area contributed by atoms with Crippen LogP contribution in [0.5, 0.6) is 0 Å². The fraction of sp³-hybridized carbons (Fsp3) is 0.385. The Kier molecular flexibility index (Phi) is 4.45. The highest BCUT2D eigenvalue weighted by atomic mass is 19.1. The van der Waals surface area contributed by atoms with Gasteiger partial charge in [0.15, 0.2) is 0 Å². The van der Waals surface area contributed by atoms with Gasteiger partial charge < -0.3 is 5.73 Å². The van der Waals surface area contributed by atoms with Crippen molar-refractivity contribution in [2.24, 2.45) is 5.73 Å². The van der Waals surface area contributed by atoms with Crippen molar-refractivity contribution in [3.63, 3.8) is 0 Å². The van der Waals surface area contributed by atoms with Gasteiger partial charge in [0.2, 0.25) is 0 Å². The highest BCUT2D eigenvalue weighted by Gasteiger charge is 2.05. The van der Waals surface area contributed by atoms with E-state index in [9.17, 15) is 8.78 Å². The van der Waals surface area contributed by atoms with Crippen LogP contribution in [0.1, 0.15) is 30.9 Å². The SMILES string of the molecule is CCCC(N)C#Cc1cc(C)c(F)cc1F. The summed E-state index contributed by atoms with van der Waals surface area (Å²) in [5, 5.41) is 0. The number of nitrogens with two attached hydrogens (primary N) is 1. The normalized spacial score (nSPS) is 11.8. The predicted octanol–water partition coefficient (Wildman–Crippen LogP) is 2.75. The van der Waals surface area contributed by atoms with Crippen LogP contribution in [0.15, 0.2) is 12.1 Å². The lowest BCUT2D eigenvalue weighted by Gasteiger charge is -2.01. The largest absolute Gasteiger partial charge is 0.318 e. The van der Waals surface area contributed by atoms with Crippen molar-refractivity contribution in [1.29, 1.82) is 0 Å². The van der Waals surface area contributed by atoms with Gasteiger partial charge in [0.25, 0.3) is 0 Å². The van der Waals surface area contributed by atoms with Crippen molar-refractivity contribution >= 4 is 0 Å². The van der Waals surface area contributed by atoms with Crippen LogP contribution in [0.25, 0.3) is 0 Å². The molecule has 1 aromatic rings. The van der Waals surface area contributed by atoms with E-state index in [1.807, 2.05) is 6.92 Å². The first kappa shape index (κ1) is 12.7. The number of aryl methyl sites for hydroxylation is 1. The first-order valence-corrected chi connectivity index (χ1v) is 5.27. The second kappa shape index (κ2) is 5.62. The number of hydrogen-bond donors (Lipinski definition) is 1. The Morgan fingerprint density at radius 3 is 2.62 bits per heavy atom. The Morgan fingerprint density at radius 1 is 1.31 bits per heavy atom. The Bertz CT molecular complexity index is 430. The Morgan fingerprint density at radius 2 is 2.00 bits per heavy atom. The van der Waals surface area contributed by atoms with Crippen LogP contribution in [-0.4, -0.2) is 6.04 Å². The van der Waals surface area contributed by atoms with Gasteiger partial charge in [-0.1, -0.05) is 25.2 Å². The lowest BCUT2D eigenvalue weighted by Crippen LogP contribution is -2.16. The predicted molar refractivity (Wildman–Crippen MR) is 60.9 cm³/mol. The summed E-state index contributed by atoms with van der Waals surface area (Å²) < 4.78 is 26.2. The zero-order valence-electron chi connectivity index (χ0n) is 9.48. The third-order valence-corrected chi connectivity index (χ3v) is 2.24. The second-order valence-corrected chi connectivity index (χ2v) is 3.75. The van der Waals surface area contributed by atoms with Crippen LogP contribution in [0, 0.1) is 30.4 Å². The molecule has 0 heterocycles. The average molecular weight is 223 g/mol. The van der Waals surface area contributed by atoms with E-state index in [1.54, 1.807) is 6.92 Å². The van der Waals surface area contributed by atoms with Gasteiger partial charge in [-0.2, -0.15) is 0 Å². The monoisotopic (exact) mass is 223 g/mol. The van der Waals surface area contributed by atoms with Crippen LogP contribution in [0.2, 0.25) is 0 Å². The van der Waals surface area contributed by atoms with Crippen LogP contribution in [0.4, 0.5) is 8.78 Å². The molecule has 0 saturated heterocycles. The third-order valence-electron chi connectivity index (χ3n) is 2.24. The molecular weight excluding hydrogens is 208 g/mol. The van der Waals surface area contributed by atoms with E-state index in [0.717, 1.165) is 18.9 Å². The smallest absolute Gasteiger partial charge is 0.141 e. The highest BCUT2D eigenvalue weighted by molar-refractivity contribution is 5.39. The maximum absolute atomic E-state index is 13.3. The molecule has 0 aromatic heterocycles. The van der Waals surface area contributed by atoms with Gasteiger partial charge >= 0.3 is 0 Å². The summed E-state index contributed by atoms with van der Waals surface area (Å²) in [6.45, 7) is 3.58. The number of hydrogen-bond acceptors (Lipinski definition) is 1. The molecular formula is C13H15F2N. The summed E-state index contributed by atoms with van der Waals surface area (Å²) in [4.78, 5) is 0. The standard InChI is InChI=1S/C13H15F2N/c1-3-4-11(16)6-5-10-7-9(2)12(14)8-13(10)15/h7-8,11H,3-4,16H2,1-2H3. The van der Waals surface area contributed by atoms with E-state index in [0.29, 0.717) is 5.56 Å². The first-order valence-electron chi connectivity index (χ1n) is 5.27. The lowest BCUT2D eigenvalue weighted by atomic mass is 10.1. The van der Waals surface area contributed by atoms with Crippen molar-refractivity contribution in [1.82, 2.24) is 0 Å². The summed E-state index contributed by atoms with van der Waals surface area (Å²) in [5.41, 5.74) is 6.26. The van der Waals surface area contributed by atoms with Crippen molar-refractivity contribution in [2.75, 3.05) is 0 Å². The average Bonchev–Trinajstić information content (AvgIpc) is 2.22. The molecule has 0 spiro atoms. The van der Waals surface area contributed by atoms with E-state index in [4.69, 9.17) is 5.73 Å². The van der Waals surface area contributed by atoms with Crippen molar-refractivity contribution in [3.05, 3.63) is 34.9 Å². The summed E-state index contributed by atoms with van der Waals surface area (Å²) >= 11 is 0. The van der Waals surface area contributed by atoms with Gasteiger partial charge in [0.05, 0.1) is 11.6 Å². The van der Waals surface area contributed by atoms with Gasteiger partial charge in [-0.05, 0) is 25.0 Å². The minimum absolute atomic E-state index is 0.199. The molecule has 1 atom stereocenters. The Hall–Kier alpha value is -1.40. The fourth-order valence-electron chi connectivity index (χ4n) is 1.31. The van der Waals surface area contributed by atoms with Crippen molar-refractivity contribution < 1.29 is 8.78 Å². The Balaban J connectivity index is 2.93. The molecule has 0 aliphatic rings. The summed E-state index contributed by atoms with van der Waals surface area (Å²) in [7, 11) is 0. The summed E-state index contributed by atoms with van der Waals surface area (Å²) in [5.74, 6) is 4.21. The topological polar surface area (TPSA) is 26.0 Å². The summed E-state index contributed by atoms with van der Waals surface area (Å²) in [6, 6.07) is 2.00. The van der Waals surface area contributed by atoms with Crippen LogP contribution in [0.3, 0.4) is 0 Å². The number of halogens is 2. The molecule has 0 fully saturated rings. The molecule has 86 valence electrons. The van der Waals surface area contributed by atoms with E-state index in [-0.39, 0.29) is 11.6 Å². The fourth-order valence-corrected chi connectivity index (χ4v) is 1.31. The minimum Gasteiger partial charge on any atom is -0.318 e. The third kappa shape index (κ3) is 3.32. The molecule has 0 amide bonds. The molecule has 0 bridgehead atoms. The van der Waals surface area contributed by atoms with E-state index in [2.05, 4.69) is 11.8 Å². The molecule has 1 aromatic carbocycles. The molecule has 1 rings (SSSR count). The maximum atomic E-state index is 13.3. The van der Waals surface area contributed by atoms with E-state index in [1.165, 1.54) is 6.07 Å². The van der Waals surface area contributed by atoms with Gasteiger partial charge in [0, 0.05) is 6.07 Å². The molecule has 16 heavy (non-hydrogen) atoms. The molecule has 0 aliphatic carbocycles. The van der Waals surface area contributed by atoms with Gasteiger partial charge in [-0.3, -0.25) is 0 Å². The highest BCUT2D eigenvalue weighted by Crippen LogP contribution is 2.13. The molecule has 0 aliphatic heterocycles. The Labute approximate surface area is 94.7 Å². The minimum atomic E-state index is -0.640. The van der Waals surface area contributed by atoms with Gasteiger partial charge in [-0.15, -0.1) is 0 Å². The maximum Gasteiger partial charge on any atom is 0.141 e. The zero-order chi connectivity index (χ0) is 12.1. The molecule has 0 saturated carbocycles. The number of benzene rings is 1. The van der Waals surface area contributed by atoms with Crippen LogP contribution in [-0.2, 0) is 0 Å². The van der Waals surface area contributed by atoms with Crippen LogP contribution >= 0.6 is 0 Å². The van der Waals surface area contributed by atoms with E-state index >= 15 is 0 Å². The van der Waals surface area contributed by atoms with Gasteiger partial charge in [-0.25, -0.2) is 8.78 Å². The molecule has 1 nitrogen and oxygen atoms in total. The lowest BCUT2D eigenvalue weighted by molar-refractivity contribution is 0.575. The zero-order valence-corrected chi connectivity index (χ0v) is 9.48. The van der Waals surface area contributed by atoms with E-state index < -0.39 is 11.6 Å². The first-order chi connectivity index (χ1) is 7.54. The molecule has 2 N–H and O–H groups in total. The second-order valence-electron chi connectivity index (χ2n) is 3.75. The molecule has 1 unspecified atom stereocenters. The van der Waals surface area contributed by atoms with Gasteiger partial charge in [0.1, 0.15) is 11.6 Å². The van der Waals surface area contributed by atoms with Crippen molar-refractivity contribution in [3.8, 4) is 11.8 Å². The van der Waals surface area contributed by atoms with Crippen molar-refractivity contribution in [2.45, 2.75) is 32.7 Å².